The standard InChI is InChI=1S/C25H22F3N5O3/c26-25(27,28)19-5-2-4-18(14-19)24(35)31-20-6-1-3-17(13-20)7-8-23(34)32-21-15-22(30-16-29-21)33-9-11-36-12-10-33/h1-8,13-16H,9-12H2,(H,31,35)(H,29,30,32,34). The van der Waals surface area contributed by atoms with Gasteiger partial charge in [0, 0.05) is 36.5 Å². The Bertz CT molecular complexity index is 1270. The Kier molecular flexibility index (Phi) is 7.59. The van der Waals surface area contributed by atoms with Gasteiger partial charge in [-0.3, -0.25) is 9.59 Å². The van der Waals surface area contributed by atoms with Gasteiger partial charge in [0.25, 0.3) is 5.91 Å². The normalized spacial score (nSPS) is 14.0. The van der Waals surface area contributed by atoms with Gasteiger partial charge in [-0.1, -0.05) is 18.2 Å². The Morgan fingerprint density at radius 3 is 2.53 bits per heavy atom. The number of hydrogen-bond acceptors (Lipinski definition) is 6. The van der Waals surface area contributed by atoms with Crippen molar-refractivity contribution in [2.75, 3.05) is 41.8 Å². The Hall–Kier alpha value is -4.25. The molecule has 0 radical (unpaired) electrons. The number of morpholine rings is 1. The number of carbonyl (C=O) groups excluding carboxylic acids is 2. The first kappa shape index (κ1) is 24.9. The summed E-state index contributed by atoms with van der Waals surface area (Å²) in [4.78, 5) is 35.2. The highest BCUT2D eigenvalue weighted by Gasteiger charge is 2.30. The molecule has 0 unspecified atom stereocenters. The summed E-state index contributed by atoms with van der Waals surface area (Å²) in [6.07, 6.45) is -0.318. The van der Waals surface area contributed by atoms with Crippen LogP contribution in [-0.2, 0) is 15.7 Å². The number of nitrogens with zero attached hydrogens (tertiary/aromatic N) is 3. The van der Waals surface area contributed by atoms with Crippen molar-refractivity contribution in [1.29, 1.82) is 0 Å². The van der Waals surface area contributed by atoms with E-state index in [4.69, 9.17) is 4.74 Å². The lowest BCUT2D eigenvalue weighted by Gasteiger charge is -2.27. The third-order valence-corrected chi connectivity index (χ3v) is 5.26. The number of alkyl halides is 3. The van der Waals surface area contributed by atoms with Crippen LogP contribution in [0.3, 0.4) is 0 Å². The number of hydrogen-bond donors (Lipinski definition) is 2. The Morgan fingerprint density at radius 1 is 0.972 bits per heavy atom. The second kappa shape index (κ2) is 11.0. The smallest absolute Gasteiger partial charge is 0.378 e. The molecular weight excluding hydrogens is 475 g/mol. The van der Waals surface area contributed by atoms with Gasteiger partial charge in [0.1, 0.15) is 18.0 Å². The van der Waals surface area contributed by atoms with E-state index < -0.39 is 23.6 Å². The number of benzene rings is 2. The van der Waals surface area contributed by atoms with Crippen LogP contribution in [0.1, 0.15) is 21.5 Å². The zero-order chi connectivity index (χ0) is 25.5. The number of carbonyl (C=O) groups is 2. The second-order valence-electron chi connectivity index (χ2n) is 7.84. The summed E-state index contributed by atoms with van der Waals surface area (Å²) >= 11 is 0. The first-order valence-corrected chi connectivity index (χ1v) is 11.0. The summed E-state index contributed by atoms with van der Waals surface area (Å²) in [5.74, 6) is -0.0557. The first-order chi connectivity index (χ1) is 17.3. The molecule has 1 aliphatic heterocycles. The lowest BCUT2D eigenvalue weighted by atomic mass is 10.1. The van der Waals surface area contributed by atoms with Gasteiger partial charge in [0.15, 0.2) is 0 Å². The van der Waals surface area contributed by atoms with Crippen molar-refractivity contribution in [3.05, 3.63) is 83.7 Å². The lowest BCUT2D eigenvalue weighted by Crippen LogP contribution is -2.36. The average molecular weight is 497 g/mol. The quantitative estimate of drug-likeness (QED) is 0.495. The molecule has 2 heterocycles. The van der Waals surface area contributed by atoms with Gasteiger partial charge < -0.3 is 20.3 Å². The van der Waals surface area contributed by atoms with Crippen molar-refractivity contribution in [3.63, 3.8) is 0 Å². The van der Waals surface area contributed by atoms with E-state index >= 15 is 0 Å². The SMILES string of the molecule is O=C(C=Cc1cccc(NC(=O)c2cccc(C(F)(F)F)c2)c1)Nc1cc(N2CCOCC2)ncn1. The molecule has 2 amide bonds. The number of nitrogens with one attached hydrogen (secondary N) is 2. The number of rotatable bonds is 6. The van der Waals surface area contributed by atoms with Crippen molar-refractivity contribution in [3.8, 4) is 0 Å². The molecule has 2 aromatic carbocycles. The van der Waals surface area contributed by atoms with Crippen molar-refractivity contribution < 1.29 is 27.5 Å². The van der Waals surface area contributed by atoms with E-state index in [1.807, 2.05) is 4.90 Å². The minimum Gasteiger partial charge on any atom is -0.378 e. The maximum atomic E-state index is 12.9. The fourth-order valence-electron chi connectivity index (χ4n) is 3.48. The maximum Gasteiger partial charge on any atom is 0.416 e. The number of amides is 2. The van der Waals surface area contributed by atoms with Crippen molar-refractivity contribution in [2.45, 2.75) is 6.18 Å². The Labute approximate surface area is 204 Å². The average Bonchev–Trinajstić information content (AvgIpc) is 2.88. The van der Waals surface area contributed by atoms with E-state index in [0.29, 0.717) is 49.2 Å². The molecule has 36 heavy (non-hydrogen) atoms. The van der Waals surface area contributed by atoms with E-state index in [1.165, 1.54) is 24.5 Å². The predicted octanol–water partition coefficient (Wildman–Crippen LogP) is 4.24. The number of ether oxygens (including phenoxy) is 1. The molecule has 0 saturated carbocycles. The van der Waals surface area contributed by atoms with E-state index in [0.717, 1.165) is 12.1 Å². The number of halogens is 3. The molecule has 1 aromatic heterocycles. The number of anilines is 3. The van der Waals surface area contributed by atoms with Gasteiger partial charge in [-0.2, -0.15) is 13.2 Å². The Morgan fingerprint density at radius 2 is 1.75 bits per heavy atom. The molecule has 0 spiro atoms. The van der Waals surface area contributed by atoms with Crippen molar-refractivity contribution in [2.24, 2.45) is 0 Å². The van der Waals surface area contributed by atoms with Crippen LogP contribution >= 0.6 is 0 Å². The molecule has 1 saturated heterocycles. The second-order valence-corrected chi connectivity index (χ2v) is 7.84. The van der Waals surface area contributed by atoms with Gasteiger partial charge in [0.2, 0.25) is 5.91 Å². The molecule has 0 aliphatic carbocycles. The topological polar surface area (TPSA) is 96.5 Å². The van der Waals surface area contributed by atoms with Crippen LogP contribution in [0.25, 0.3) is 6.08 Å². The zero-order valence-electron chi connectivity index (χ0n) is 19.0. The summed E-state index contributed by atoms with van der Waals surface area (Å²) in [7, 11) is 0. The molecule has 4 rings (SSSR count). The van der Waals surface area contributed by atoms with Crippen LogP contribution in [0.2, 0.25) is 0 Å². The van der Waals surface area contributed by atoms with Crippen LogP contribution in [0, 0.1) is 0 Å². The van der Waals surface area contributed by atoms with E-state index in [9.17, 15) is 22.8 Å². The third-order valence-electron chi connectivity index (χ3n) is 5.26. The highest BCUT2D eigenvalue weighted by Crippen LogP contribution is 2.29. The Balaban J connectivity index is 1.38. The summed E-state index contributed by atoms with van der Waals surface area (Å²) in [5, 5.41) is 5.25. The highest BCUT2D eigenvalue weighted by molar-refractivity contribution is 6.05. The first-order valence-electron chi connectivity index (χ1n) is 11.0. The van der Waals surface area contributed by atoms with Gasteiger partial charge in [-0.05, 0) is 42.0 Å². The largest absolute Gasteiger partial charge is 0.416 e. The van der Waals surface area contributed by atoms with E-state index in [2.05, 4.69) is 20.6 Å². The molecule has 3 aromatic rings. The summed E-state index contributed by atoms with van der Waals surface area (Å²) in [5.41, 5.74) is -0.0559. The zero-order valence-corrected chi connectivity index (χ0v) is 19.0. The molecule has 2 N–H and O–H groups in total. The van der Waals surface area contributed by atoms with Crippen LogP contribution < -0.4 is 15.5 Å². The molecular formula is C25H22F3N5O3. The predicted molar refractivity (Wildman–Crippen MR) is 129 cm³/mol. The molecule has 0 bridgehead atoms. The fourth-order valence-corrected chi connectivity index (χ4v) is 3.48. The van der Waals surface area contributed by atoms with Gasteiger partial charge in [-0.25, -0.2) is 9.97 Å². The van der Waals surface area contributed by atoms with Gasteiger partial charge >= 0.3 is 6.18 Å². The summed E-state index contributed by atoms with van der Waals surface area (Å²) in [6, 6.07) is 12.4. The van der Waals surface area contributed by atoms with Crippen molar-refractivity contribution >= 4 is 35.2 Å². The van der Waals surface area contributed by atoms with Gasteiger partial charge in [-0.15, -0.1) is 0 Å². The lowest BCUT2D eigenvalue weighted by molar-refractivity contribution is -0.137. The number of aromatic nitrogens is 2. The molecule has 1 aliphatic rings. The van der Waals surface area contributed by atoms with Crippen LogP contribution in [0.4, 0.5) is 30.5 Å². The summed E-state index contributed by atoms with van der Waals surface area (Å²) in [6.45, 7) is 2.61. The van der Waals surface area contributed by atoms with Crippen LogP contribution in [0.15, 0.2) is 67.0 Å². The fraction of sp³-hybridized carbons (Fsp3) is 0.200. The molecule has 0 atom stereocenters. The van der Waals surface area contributed by atoms with Crippen LogP contribution in [0.5, 0.6) is 0 Å². The maximum absolute atomic E-state index is 12.9. The third kappa shape index (κ3) is 6.66. The molecule has 8 nitrogen and oxygen atoms in total. The van der Waals surface area contributed by atoms with Crippen molar-refractivity contribution in [1.82, 2.24) is 9.97 Å². The minimum absolute atomic E-state index is 0.119. The summed E-state index contributed by atoms with van der Waals surface area (Å²) < 4.78 is 44.1. The van der Waals surface area contributed by atoms with Gasteiger partial charge in [0.05, 0.1) is 18.8 Å². The monoisotopic (exact) mass is 497 g/mol. The minimum atomic E-state index is -4.54. The highest BCUT2D eigenvalue weighted by atomic mass is 19.4. The molecule has 11 heteroatoms. The van der Waals surface area contributed by atoms with E-state index in [1.54, 1.807) is 36.4 Å². The molecule has 1 fully saturated rings. The molecule has 186 valence electrons. The van der Waals surface area contributed by atoms with E-state index in [-0.39, 0.29) is 5.56 Å². The van der Waals surface area contributed by atoms with Crippen LogP contribution in [-0.4, -0.2) is 48.1 Å².